The third-order valence-corrected chi connectivity index (χ3v) is 1.67. The van der Waals surface area contributed by atoms with Gasteiger partial charge in [0.15, 0.2) is 0 Å². The van der Waals surface area contributed by atoms with Crippen molar-refractivity contribution in [3.8, 4) is 0 Å². The first kappa shape index (κ1) is 6.42. The van der Waals surface area contributed by atoms with Crippen LogP contribution in [0.3, 0.4) is 0 Å². The Morgan fingerprint density at radius 2 is 2.36 bits per heavy atom. The number of para-hydroxylation sites is 1. The van der Waals surface area contributed by atoms with Gasteiger partial charge in [0.05, 0.1) is 5.02 Å². The number of halogens is 1. The highest BCUT2D eigenvalue weighted by atomic mass is 35.5. The van der Waals surface area contributed by atoms with Gasteiger partial charge in [-0.05, 0) is 17.0 Å². The van der Waals surface area contributed by atoms with Crippen LogP contribution in [0, 0.1) is 5.21 Å². The van der Waals surface area contributed by atoms with Gasteiger partial charge >= 0.3 is 0 Å². The summed E-state index contributed by atoms with van der Waals surface area (Å²) >= 11 is 5.68. The molecule has 0 N–H and O–H groups in total. The van der Waals surface area contributed by atoms with Crippen molar-refractivity contribution in [1.29, 1.82) is 0 Å². The predicted molar refractivity (Wildman–Crippen MR) is 38.0 cm³/mol. The van der Waals surface area contributed by atoms with Gasteiger partial charge in [0, 0.05) is 5.16 Å². The number of nitrogens with zero attached hydrogens (tertiary/aromatic N) is 2. The molecule has 4 nitrogen and oxygen atoms in total. The first-order valence-electron chi connectivity index (χ1n) is 2.93. The van der Waals surface area contributed by atoms with Crippen LogP contribution < -0.4 is 4.90 Å². The average molecular weight is 171 g/mol. The monoisotopic (exact) mass is 170 g/mol. The lowest BCUT2D eigenvalue weighted by Gasteiger charge is -1.87. The summed E-state index contributed by atoms with van der Waals surface area (Å²) in [7, 11) is 0. The van der Waals surface area contributed by atoms with E-state index in [1.54, 1.807) is 18.2 Å². The Balaban J connectivity index is 2.96. The van der Waals surface area contributed by atoms with E-state index in [2.05, 4.69) is 9.79 Å². The molecule has 0 radical (unpaired) electrons. The SMILES string of the molecule is [O-][n+]1onc2cccc(Cl)c21. The van der Waals surface area contributed by atoms with E-state index in [1.807, 2.05) is 0 Å². The molecule has 2 aromatic rings. The number of aromatic nitrogens is 2. The maximum atomic E-state index is 10.8. The van der Waals surface area contributed by atoms with Crippen molar-refractivity contribution in [3.05, 3.63) is 28.4 Å². The van der Waals surface area contributed by atoms with Gasteiger partial charge in [0.1, 0.15) is 0 Å². The van der Waals surface area contributed by atoms with Crippen LogP contribution in [0.25, 0.3) is 11.0 Å². The molecule has 0 saturated carbocycles. The summed E-state index contributed by atoms with van der Waals surface area (Å²) < 4.78 is 4.32. The standard InChI is InChI=1S/C6H3ClN2O2/c7-4-2-1-3-5-6(4)9(10)11-8-5/h1-3H. The van der Waals surface area contributed by atoms with E-state index in [-0.39, 0.29) is 10.4 Å². The quantitative estimate of drug-likeness (QED) is 0.557. The maximum absolute atomic E-state index is 10.8. The molecule has 11 heavy (non-hydrogen) atoms. The Hall–Kier alpha value is -1.29. The van der Waals surface area contributed by atoms with Gasteiger partial charge in [-0.1, -0.05) is 17.7 Å². The molecule has 1 heterocycles. The van der Waals surface area contributed by atoms with Crippen LogP contribution in [0.15, 0.2) is 22.8 Å². The zero-order valence-corrected chi connectivity index (χ0v) is 6.08. The summed E-state index contributed by atoms with van der Waals surface area (Å²) in [5.41, 5.74) is 0.738. The van der Waals surface area contributed by atoms with E-state index in [0.29, 0.717) is 10.5 Å². The summed E-state index contributed by atoms with van der Waals surface area (Å²) in [6.07, 6.45) is 0. The molecule has 0 aliphatic heterocycles. The number of rotatable bonds is 0. The summed E-state index contributed by atoms with van der Waals surface area (Å²) in [4.78, 5) is 0.289. The maximum Gasteiger partial charge on any atom is 0.250 e. The minimum Gasteiger partial charge on any atom is -0.359 e. The van der Waals surface area contributed by atoms with Gasteiger partial charge in [-0.2, -0.15) is 0 Å². The molecule has 0 aliphatic carbocycles. The first-order chi connectivity index (χ1) is 5.29. The number of fused-ring (bicyclic) bond motifs is 1. The second-order valence-electron chi connectivity index (χ2n) is 2.04. The zero-order valence-electron chi connectivity index (χ0n) is 5.32. The Bertz CT molecular complexity index is 398. The highest BCUT2D eigenvalue weighted by molar-refractivity contribution is 6.34. The van der Waals surface area contributed by atoms with Crippen molar-refractivity contribution in [2.24, 2.45) is 0 Å². The van der Waals surface area contributed by atoms with Crippen molar-refractivity contribution in [2.75, 3.05) is 0 Å². The van der Waals surface area contributed by atoms with Crippen LogP contribution in [0.1, 0.15) is 0 Å². The number of benzene rings is 1. The lowest BCUT2D eigenvalue weighted by atomic mass is 10.3. The fourth-order valence-electron chi connectivity index (χ4n) is 0.880. The average Bonchev–Trinajstić information content (AvgIpc) is 2.34. The molecule has 56 valence electrons. The minimum atomic E-state index is 0.272. The summed E-state index contributed by atoms with van der Waals surface area (Å²) in [5.74, 6) is 0. The van der Waals surface area contributed by atoms with Crippen LogP contribution in [-0.2, 0) is 0 Å². The van der Waals surface area contributed by atoms with Crippen LogP contribution in [0.4, 0.5) is 0 Å². The smallest absolute Gasteiger partial charge is 0.250 e. The van der Waals surface area contributed by atoms with E-state index < -0.39 is 0 Å². The normalized spacial score (nSPS) is 10.6. The third-order valence-electron chi connectivity index (χ3n) is 1.36. The van der Waals surface area contributed by atoms with Crippen LogP contribution >= 0.6 is 11.6 Å². The van der Waals surface area contributed by atoms with Crippen molar-refractivity contribution >= 4 is 22.6 Å². The van der Waals surface area contributed by atoms with E-state index in [0.717, 1.165) is 0 Å². The molecule has 0 aliphatic rings. The summed E-state index contributed by atoms with van der Waals surface area (Å²) in [6.45, 7) is 0. The molecule has 0 unspecified atom stereocenters. The minimum absolute atomic E-state index is 0.272. The summed E-state index contributed by atoms with van der Waals surface area (Å²) in [5, 5.41) is 14.6. The van der Waals surface area contributed by atoms with E-state index in [9.17, 15) is 5.21 Å². The molecular weight excluding hydrogens is 168 g/mol. The number of hydrogen-bond acceptors (Lipinski definition) is 3. The van der Waals surface area contributed by atoms with Crippen molar-refractivity contribution < 1.29 is 9.53 Å². The van der Waals surface area contributed by atoms with Gasteiger partial charge in [-0.3, -0.25) is 4.63 Å². The topological polar surface area (TPSA) is 53.0 Å². The third kappa shape index (κ3) is 0.832. The van der Waals surface area contributed by atoms with Crippen molar-refractivity contribution in [3.63, 3.8) is 0 Å². The largest absolute Gasteiger partial charge is 0.359 e. The number of hydrogen-bond donors (Lipinski definition) is 0. The Morgan fingerprint density at radius 1 is 1.55 bits per heavy atom. The Labute approximate surface area is 66.5 Å². The van der Waals surface area contributed by atoms with E-state index >= 15 is 0 Å². The second-order valence-corrected chi connectivity index (χ2v) is 2.44. The van der Waals surface area contributed by atoms with Crippen molar-refractivity contribution in [2.45, 2.75) is 0 Å². The molecule has 1 aromatic heterocycles. The Kier molecular flexibility index (Phi) is 1.22. The van der Waals surface area contributed by atoms with E-state index in [1.165, 1.54) is 0 Å². The highest BCUT2D eigenvalue weighted by Gasteiger charge is 2.11. The predicted octanol–water partition coefficient (Wildman–Crippen LogP) is 1.11. The second kappa shape index (κ2) is 2.10. The molecule has 0 spiro atoms. The first-order valence-corrected chi connectivity index (χ1v) is 3.31. The van der Waals surface area contributed by atoms with E-state index in [4.69, 9.17) is 11.6 Å². The van der Waals surface area contributed by atoms with Gasteiger partial charge in [-0.15, -0.1) is 0 Å². The lowest BCUT2D eigenvalue weighted by molar-refractivity contribution is -0.782. The molecule has 0 atom stereocenters. The highest BCUT2D eigenvalue weighted by Crippen LogP contribution is 2.17. The fourth-order valence-corrected chi connectivity index (χ4v) is 1.12. The van der Waals surface area contributed by atoms with Crippen LogP contribution in [-0.4, -0.2) is 5.16 Å². The molecule has 1 aromatic carbocycles. The molecule has 0 fully saturated rings. The van der Waals surface area contributed by atoms with Gasteiger partial charge in [-0.25, -0.2) is 0 Å². The molecule has 5 heteroatoms. The van der Waals surface area contributed by atoms with Gasteiger partial charge in [0.25, 0.3) is 0 Å². The molecule has 2 rings (SSSR count). The van der Waals surface area contributed by atoms with Gasteiger partial charge < -0.3 is 5.21 Å². The zero-order chi connectivity index (χ0) is 7.84. The molecule has 0 bridgehead atoms. The molecule has 0 saturated heterocycles. The fraction of sp³-hybridized carbons (Fsp3) is 0. The Morgan fingerprint density at radius 3 is 3.09 bits per heavy atom. The van der Waals surface area contributed by atoms with Gasteiger partial charge in [0.2, 0.25) is 11.0 Å². The lowest BCUT2D eigenvalue weighted by Crippen LogP contribution is -2.22. The molecular formula is C6H3ClN2O2. The molecule has 0 amide bonds. The van der Waals surface area contributed by atoms with Crippen LogP contribution in [0.2, 0.25) is 5.02 Å². The van der Waals surface area contributed by atoms with Crippen LogP contribution in [0.5, 0.6) is 0 Å². The summed E-state index contributed by atoms with van der Waals surface area (Å²) in [6, 6.07) is 4.96. The van der Waals surface area contributed by atoms with Crippen molar-refractivity contribution in [1.82, 2.24) is 5.16 Å².